The van der Waals surface area contributed by atoms with Gasteiger partial charge < -0.3 is 15.4 Å². The molecule has 2 aromatic heterocycles. The van der Waals surface area contributed by atoms with E-state index < -0.39 is 0 Å². The van der Waals surface area contributed by atoms with Crippen LogP contribution in [0.1, 0.15) is 32.1 Å². The number of aliphatic hydroxyl groups is 1. The van der Waals surface area contributed by atoms with Gasteiger partial charge in [-0.1, -0.05) is 19.3 Å². The number of halogens is 1. The van der Waals surface area contributed by atoms with Gasteiger partial charge in [0.1, 0.15) is 5.52 Å². The van der Waals surface area contributed by atoms with Crippen molar-refractivity contribution in [2.24, 2.45) is 5.41 Å². The number of imidazole rings is 1. The van der Waals surface area contributed by atoms with Crippen LogP contribution in [-0.2, 0) is 0 Å². The minimum absolute atomic E-state index is 0.0536. The maximum atomic E-state index is 9.73. The van der Waals surface area contributed by atoms with Crippen molar-refractivity contribution in [1.82, 2.24) is 19.9 Å². The Morgan fingerprint density at radius 1 is 1.30 bits per heavy atom. The van der Waals surface area contributed by atoms with Crippen LogP contribution < -0.4 is 5.32 Å². The smallest absolute Gasteiger partial charge is 0.226 e. The molecule has 0 aromatic carbocycles. The molecule has 0 spiro atoms. The van der Waals surface area contributed by atoms with E-state index in [4.69, 9.17) is 11.6 Å². The van der Waals surface area contributed by atoms with Crippen molar-refractivity contribution in [3.63, 3.8) is 0 Å². The van der Waals surface area contributed by atoms with Crippen LogP contribution in [0.4, 0.5) is 5.82 Å². The van der Waals surface area contributed by atoms with Gasteiger partial charge in [-0.15, -0.1) is 0 Å². The molecule has 1 aliphatic rings. The molecule has 108 valence electrons. The SMILES string of the molecule is OCC1(CNc2nc(Cl)nc3nc[nH]c23)CCCCC1. The van der Waals surface area contributed by atoms with Gasteiger partial charge in [0.15, 0.2) is 11.5 Å². The number of nitrogens with zero attached hydrogens (tertiary/aromatic N) is 3. The first-order valence-electron chi connectivity index (χ1n) is 6.94. The molecule has 3 N–H and O–H groups in total. The molecular weight excluding hydrogens is 278 g/mol. The standard InChI is InChI=1S/C13H18ClN5O/c14-12-18-10(9-11(19-12)17-8-16-9)15-6-13(7-20)4-2-1-3-5-13/h8,20H,1-7H2,(H2,15,16,17,18,19). The van der Waals surface area contributed by atoms with Gasteiger partial charge in [-0.2, -0.15) is 9.97 Å². The van der Waals surface area contributed by atoms with E-state index >= 15 is 0 Å². The average molecular weight is 296 g/mol. The minimum atomic E-state index is -0.0536. The molecule has 2 heterocycles. The molecule has 2 aromatic rings. The molecule has 0 bridgehead atoms. The van der Waals surface area contributed by atoms with Crippen molar-refractivity contribution in [2.75, 3.05) is 18.5 Å². The van der Waals surface area contributed by atoms with Gasteiger partial charge in [0.25, 0.3) is 0 Å². The van der Waals surface area contributed by atoms with Gasteiger partial charge in [0, 0.05) is 12.0 Å². The quantitative estimate of drug-likeness (QED) is 0.754. The third kappa shape index (κ3) is 2.58. The highest BCUT2D eigenvalue weighted by Crippen LogP contribution is 2.36. The fourth-order valence-electron chi connectivity index (χ4n) is 2.90. The van der Waals surface area contributed by atoms with Crippen molar-refractivity contribution in [1.29, 1.82) is 0 Å². The first-order valence-corrected chi connectivity index (χ1v) is 7.32. The van der Waals surface area contributed by atoms with Gasteiger partial charge in [-0.3, -0.25) is 0 Å². The largest absolute Gasteiger partial charge is 0.396 e. The Morgan fingerprint density at radius 2 is 2.10 bits per heavy atom. The summed E-state index contributed by atoms with van der Waals surface area (Å²) < 4.78 is 0. The van der Waals surface area contributed by atoms with Crippen LogP contribution in [0.2, 0.25) is 5.28 Å². The monoisotopic (exact) mass is 295 g/mol. The topological polar surface area (TPSA) is 86.7 Å². The van der Waals surface area contributed by atoms with E-state index in [-0.39, 0.29) is 17.3 Å². The highest BCUT2D eigenvalue weighted by atomic mass is 35.5. The summed E-state index contributed by atoms with van der Waals surface area (Å²) in [6, 6.07) is 0. The Kier molecular flexibility index (Phi) is 3.76. The molecule has 0 atom stereocenters. The fraction of sp³-hybridized carbons (Fsp3) is 0.615. The van der Waals surface area contributed by atoms with Crippen molar-refractivity contribution < 1.29 is 5.11 Å². The Hall–Kier alpha value is -1.40. The van der Waals surface area contributed by atoms with E-state index in [1.54, 1.807) is 6.33 Å². The Labute approximate surface area is 122 Å². The van der Waals surface area contributed by atoms with E-state index in [0.717, 1.165) is 18.4 Å². The zero-order valence-corrected chi connectivity index (χ0v) is 11.9. The van der Waals surface area contributed by atoms with Gasteiger partial charge in [0.2, 0.25) is 5.28 Å². The zero-order chi connectivity index (χ0) is 14.0. The molecule has 7 heteroatoms. The second-order valence-corrected chi connectivity index (χ2v) is 5.85. The number of nitrogens with one attached hydrogen (secondary N) is 2. The van der Waals surface area contributed by atoms with E-state index in [2.05, 4.69) is 25.3 Å². The highest BCUT2D eigenvalue weighted by molar-refractivity contribution is 6.28. The lowest BCUT2D eigenvalue weighted by Crippen LogP contribution is -2.35. The van der Waals surface area contributed by atoms with Gasteiger partial charge >= 0.3 is 0 Å². The Bertz CT molecular complexity index is 593. The van der Waals surface area contributed by atoms with E-state index in [1.807, 2.05) is 0 Å². The number of hydrogen-bond acceptors (Lipinski definition) is 5. The number of H-pyrrole nitrogens is 1. The minimum Gasteiger partial charge on any atom is -0.396 e. The summed E-state index contributed by atoms with van der Waals surface area (Å²) >= 11 is 5.91. The average Bonchev–Trinajstić information content (AvgIpc) is 2.94. The van der Waals surface area contributed by atoms with Crippen molar-refractivity contribution in [3.05, 3.63) is 11.6 Å². The number of aromatic amines is 1. The van der Waals surface area contributed by atoms with Crippen molar-refractivity contribution in [3.8, 4) is 0 Å². The molecule has 6 nitrogen and oxygen atoms in total. The summed E-state index contributed by atoms with van der Waals surface area (Å²) in [6.07, 6.45) is 7.26. The van der Waals surface area contributed by atoms with Gasteiger partial charge in [-0.25, -0.2) is 4.98 Å². The van der Waals surface area contributed by atoms with Crippen molar-refractivity contribution in [2.45, 2.75) is 32.1 Å². The van der Waals surface area contributed by atoms with Crippen molar-refractivity contribution >= 4 is 28.6 Å². The van der Waals surface area contributed by atoms with E-state index in [1.165, 1.54) is 19.3 Å². The van der Waals surface area contributed by atoms with Crippen LogP contribution in [-0.4, -0.2) is 38.2 Å². The fourth-order valence-corrected chi connectivity index (χ4v) is 3.06. The predicted molar refractivity (Wildman–Crippen MR) is 77.8 cm³/mol. The maximum absolute atomic E-state index is 9.73. The second-order valence-electron chi connectivity index (χ2n) is 5.51. The molecule has 0 saturated heterocycles. The van der Waals surface area contributed by atoms with Crippen LogP contribution in [0.3, 0.4) is 0 Å². The molecule has 20 heavy (non-hydrogen) atoms. The number of fused-ring (bicyclic) bond motifs is 1. The summed E-state index contributed by atoms with van der Waals surface area (Å²) in [4.78, 5) is 15.4. The third-order valence-corrected chi connectivity index (χ3v) is 4.31. The van der Waals surface area contributed by atoms with Crippen LogP contribution >= 0.6 is 11.6 Å². The number of aliphatic hydroxyl groups excluding tert-OH is 1. The van der Waals surface area contributed by atoms with Gasteiger partial charge in [-0.05, 0) is 24.4 Å². The lowest BCUT2D eigenvalue weighted by atomic mass is 9.74. The summed E-state index contributed by atoms with van der Waals surface area (Å²) in [5.41, 5.74) is 1.25. The van der Waals surface area contributed by atoms with Crippen LogP contribution in [0.15, 0.2) is 6.33 Å². The Morgan fingerprint density at radius 3 is 2.85 bits per heavy atom. The predicted octanol–water partition coefficient (Wildman–Crippen LogP) is 2.36. The van der Waals surface area contributed by atoms with E-state index in [9.17, 15) is 5.11 Å². The molecule has 1 aliphatic carbocycles. The molecule has 3 rings (SSSR count). The number of anilines is 1. The first kappa shape index (κ1) is 13.6. The maximum Gasteiger partial charge on any atom is 0.226 e. The summed E-state index contributed by atoms with van der Waals surface area (Å²) in [5.74, 6) is 0.649. The lowest BCUT2D eigenvalue weighted by Gasteiger charge is -2.35. The summed E-state index contributed by atoms with van der Waals surface area (Å²) in [5, 5.41) is 13.2. The summed E-state index contributed by atoms with van der Waals surface area (Å²) in [7, 11) is 0. The molecule has 0 unspecified atom stereocenters. The normalized spacial score (nSPS) is 18.3. The Balaban J connectivity index is 1.80. The van der Waals surface area contributed by atoms with Crippen LogP contribution in [0.5, 0.6) is 0 Å². The lowest BCUT2D eigenvalue weighted by molar-refractivity contribution is 0.0943. The van der Waals surface area contributed by atoms with Crippen LogP contribution in [0.25, 0.3) is 11.2 Å². The first-order chi connectivity index (χ1) is 9.72. The molecule has 0 amide bonds. The molecular formula is C13H18ClN5O. The highest BCUT2D eigenvalue weighted by Gasteiger charge is 2.31. The summed E-state index contributed by atoms with van der Waals surface area (Å²) in [6.45, 7) is 0.885. The van der Waals surface area contributed by atoms with Gasteiger partial charge in [0.05, 0.1) is 12.9 Å². The third-order valence-electron chi connectivity index (χ3n) is 4.14. The number of rotatable bonds is 4. The number of hydrogen-bond donors (Lipinski definition) is 3. The zero-order valence-electron chi connectivity index (χ0n) is 11.2. The van der Waals surface area contributed by atoms with E-state index in [0.29, 0.717) is 18.0 Å². The van der Waals surface area contributed by atoms with Crippen LogP contribution in [0, 0.1) is 5.41 Å². The molecule has 1 fully saturated rings. The molecule has 0 radical (unpaired) electrons. The second kappa shape index (κ2) is 5.54. The molecule has 1 saturated carbocycles. The molecule has 0 aliphatic heterocycles. The number of aromatic nitrogens is 4.